The third-order valence-electron chi connectivity index (χ3n) is 5.03. The van der Waals surface area contributed by atoms with Crippen LogP contribution in [0.1, 0.15) is 30.9 Å². The van der Waals surface area contributed by atoms with Gasteiger partial charge in [-0.2, -0.15) is 0 Å². The summed E-state index contributed by atoms with van der Waals surface area (Å²) in [6.07, 6.45) is 1.98. The first kappa shape index (κ1) is 21.5. The third-order valence-corrected chi connectivity index (χ3v) is 5.77. The third kappa shape index (κ3) is 5.64. The minimum Gasteiger partial charge on any atom is -0.338 e. The lowest BCUT2D eigenvalue weighted by Crippen LogP contribution is -2.41. The van der Waals surface area contributed by atoms with Gasteiger partial charge in [-0.1, -0.05) is 54.4 Å². The summed E-state index contributed by atoms with van der Waals surface area (Å²) in [5.74, 6) is 0.0722. The summed E-state index contributed by atoms with van der Waals surface area (Å²) in [4.78, 5) is 28.9. The van der Waals surface area contributed by atoms with Gasteiger partial charge in [0.15, 0.2) is 0 Å². The van der Waals surface area contributed by atoms with E-state index < -0.39 is 0 Å². The van der Waals surface area contributed by atoms with E-state index in [1.807, 2.05) is 24.0 Å². The van der Waals surface area contributed by atoms with E-state index in [2.05, 4.69) is 17.4 Å². The van der Waals surface area contributed by atoms with Crippen LogP contribution < -0.4 is 5.32 Å². The Labute approximate surface area is 181 Å². The summed E-state index contributed by atoms with van der Waals surface area (Å²) >= 11 is 11.9. The number of hydrogen-bond acceptors (Lipinski definition) is 2. The molecule has 1 aliphatic rings. The Morgan fingerprint density at radius 1 is 1.07 bits per heavy atom. The highest BCUT2D eigenvalue weighted by molar-refractivity contribution is 6.42. The number of nitrogens with one attached hydrogen (secondary N) is 1. The summed E-state index contributed by atoms with van der Waals surface area (Å²) in [6, 6.07) is 12.9. The van der Waals surface area contributed by atoms with E-state index in [1.165, 1.54) is 11.1 Å². The van der Waals surface area contributed by atoms with Gasteiger partial charge in [0.25, 0.3) is 0 Å². The molecular formula is C22H25Cl2N3O2. The first-order chi connectivity index (χ1) is 14.0. The molecule has 29 heavy (non-hydrogen) atoms. The zero-order valence-corrected chi connectivity index (χ0v) is 18.0. The van der Waals surface area contributed by atoms with Crippen molar-refractivity contribution in [3.63, 3.8) is 0 Å². The van der Waals surface area contributed by atoms with Gasteiger partial charge < -0.3 is 15.1 Å². The van der Waals surface area contributed by atoms with Gasteiger partial charge in [-0.25, -0.2) is 4.79 Å². The number of amides is 3. The Balaban J connectivity index is 1.56. The molecule has 3 rings (SSSR count). The molecule has 0 bridgehead atoms. The Bertz CT molecular complexity index is 888. The first-order valence-corrected chi connectivity index (χ1v) is 10.6. The second kappa shape index (κ2) is 9.99. The fourth-order valence-electron chi connectivity index (χ4n) is 3.46. The van der Waals surface area contributed by atoms with Crippen molar-refractivity contribution in [2.45, 2.75) is 32.7 Å². The zero-order chi connectivity index (χ0) is 20.8. The molecule has 1 N–H and O–H groups in total. The lowest BCUT2D eigenvalue weighted by Gasteiger charge is -2.30. The van der Waals surface area contributed by atoms with Crippen LogP contribution in [-0.2, 0) is 17.8 Å². The lowest BCUT2D eigenvalue weighted by molar-refractivity contribution is -0.132. The van der Waals surface area contributed by atoms with Gasteiger partial charge in [0.05, 0.1) is 10.0 Å². The van der Waals surface area contributed by atoms with Gasteiger partial charge >= 0.3 is 6.03 Å². The van der Waals surface area contributed by atoms with E-state index >= 15 is 0 Å². The molecule has 0 saturated carbocycles. The van der Waals surface area contributed by atoms with Crippen molar-refractivity contribution in [1.82, 2.24) is 9.80 Å². The maximum absolute atomic E-state index is 12.7. The van der Waals surface area contributed by atoms with Crippen molar-refractivity contribution < 1.29 is 9.59 Å². The van der Waals surface area contributed by atoms with Gasteiger partial charge in [-0.3, -0.25) is 4.79 Å². The van der Waals surface area contributed by atoms with Crippen LogP contribution in [0.15, 0.2) is 42.5 Å². The van der Waals surface area contributed by atoms with Crippen LogP contribution in [0.3, 0.4) is 0 Å². The normalized spacial score (nSPS) is 13.0. The van der Waals surface area contributed by atoms with Gasteiger partial charge in [-0.05, 0) is 42.2 Å². The molecule has 5 nitrogen and oxygen atoms in total. The molecule has 7 heteroatoms. The SMILES string of the molecule is CCCN(CCC(=O)N1CCc2ccccc2C1)C(=O)Nc1ccc(Cl)c(Cl)c1. The topological polar surface area (TPSA) is 52.7 Å². The first-order valence-electron chi connectivity index (χ1n) is 9.83. The van der Waals surface area contributed by atoms with Crippen molar-refractivity contribution in [2.24, 2.45) is 0 Å². The van der Waals surface area contributed by atoms with Crippen LogP contribution in [0.2, 0.25) is 10.0 Å². The number of carbonyl (C=O) groups excluding carboxylic acids is 2. The van der Waals surface area contributed by atoms with E-state index in [4.69, 9.17) is 23.2 Å². The Hall–Kier alpha value is -2.24. The molecular weight excluding hydrogens is 409 g/mol. The van der Waals surface area contributed by atoms with Gasteiger partial charge in [0, 0.05) is 38.3 Å². The van der Waals surface area contributed by atoms with Crippen molar-refractivity contribution in [3.05, 3.63) is 63.6 Å². The molecule has 0 atom stereocenters. The molecule has 0 unspecified atom stereocenters. The fraction of sp³-hybridized carbons (Fsp3) is 0.364. The van der Waals surface area contributed by atoms with Crippen LogP contribution in [-0.4, -0.2) is 41.4 Å². The summed E-state index contributed by atoms with van der Waals surface area (Å²) in [5.41, 5.74) is 3.09. The summed E-state index contributed by atoms with van der Waals surface area (Å²) < 4.78 is 0. The molecule has 1 heterocycles. The molecule has 0 radical (unpaired) electrons. The molecule has 1 aliphatic heterocycles. The highest BCUT2D eigenvalue weighted by Gasteiger charge is 2.22. The van der Waals surface area contributed by atoms with Gasteiger partial charge in [-0.15, -0.1) is 0 Å². The minimum atomic E-state index is -0.248. The van der Waals surface area contributed by atoms with E-state index in [0.29, 0.717) is 41.8 Å². The second-order valence-electron chi connectivity index (χ2n) is 7.13. The number of hydrogen-bond donors (Lipinski definition) is 1. The zero-order valence-electron chi connectivity index (χ0n) is 16.5. The quantitative estimate of drug-likeness (QED) is 0.679. The Morgan fingerprint density at radius 2 is 1.83 bits per heavy atom. The second-order valence-corrected chi connectivity index (χ2v) is 7.94. The molecule has 2 aromatic carbocycles. The van der Waals surface area contributed by atoms with E-state index in [0.717, 1.165) is 19.4 Å². The number of benzene rings is 2. The molecule has 0 spiro atoms. The average molecular weight is 434 g/mol. The van der Waals surface area contributed by atoms with E-state index in [-0.39, 0.29) is 11.9 Å². The largest absolute Gasteiger partial charge is 0.338 e. The smallest absolute Gasteiger partial charge is 0.321 e. The maximum atomic E-state index is 12.7. The number of urea groups is 1. The van der Waals surface area contributed by atoms with Crippen LogP contribution in [0.4, 0.5) is 10.5 Å². The number of halogens is 2. The van der Waals surface area contributed by atoms with Gasteiger partial charge in [0.1, 0.15) is 0 Å². The standard InChI is InChI=1S/C22H25Cl2N3O2/c1-2-11-26(22(29)25-18-7-8-19(23)20(24)14-18)13-10-21(28)27-12-9-16-5-3-4-6-17(16)15-27/h3-8,14H,2,9-13,15H2,1H3,(H,25,29). The van der Waals surface area contributed by atoms with Crippen LogP contribution in [0.5, 0.6) is 0 Å². The number of nitrogens with zero attached hydrogens (tertiary/aromatic N) is 2. The minimum absolute atomic E-state index is 0.0722. The van der Waals surface area contributed by atoms with Gasteiger partial charge in [0.2, 0.25) is 5.91 Å². The number of rotatable bonds is 6. The van der Waals surface area contributed by atoms with Crippen LogP contribution >= 0.6 is 23.2 Å². The molecule has 154 valence electrons. The summed E-state index contributed by atoms with van der Waals surface area (Å²) in [5, 5.41) is 3.65. The summed E-state index contributed by atoms with van der Waals surface area (Å²) in [7, 11) is 0. The van der Waals surface area contributed by atoms with Crippen molar-refractivity contribution >= 4 is 40.8 Å². The molecule has 0 fully saturated rings. The van der Waals surface area contributed by atoms with E-state index in [9.17, 15) is 9.59 Å². The molecule has 3 amide bonds. The maximum Gasteiger partial charge on any atom is 0.321 e. The average Bonchev–Trinajstić information content (AvgIpc) is 2.73. The number of carbonyl (C=O) groups is 2. The number of anilines is 1. The summed E-state index contributed by atoms with van der Waals surface area (Å²) in [6.45, 7) is 4.31. The Morgan fingerprint density at radius 3 is 2.55 bits per heavy atom. The monoisotopic (exact) mass is 433 g/mol. The molecule has 2 aromatic rings. The predicted octanol–water partition coefficient (Wildman–Crippen LogP) is 5.21. The molecule has 0 aliphatic carbocycles. The predicted molar refractivity (Wildman–Crippen MR) is 118 cm³/mol. The molecule has 0 saturated heterocycles. The van der Waals surface area contributed by atoms with Crippen LogP contribution in [0.25, 0.3) is 0 Å². The fourth-order valence-corrected chi connectivity index (χ4v) is 3.76. The molecule has 0 aromatic heterocycles. The Kier molecular flexibility index (Phi) is 7.40. The lowest BCUT2D eigenvalue weighted by atomic mass is 10.00. The highest BCUT2D eigenvalue weighted by Crippen LogP contribution is 2.25. The van der Waals surface area contributed by atoms with Crippen molar-refractivity contribution in [2.75, 3.05) is 25.0 Å². The highest BCUT2D eigenvalue weighted by atomic mass is 35.5. The van der Waals surface area contributed by atoms with Crippen LogP contribution in [0, 0.1) is 0 Å². The van der Waals surface area contributed by atoms with Crippen molar-refractivity contribution in [1.29, 1.82) is 0 Å². The van der Waals surface area contributed by atoms with E-state index in [1.54, 1.807) is 23.1 Å². The van der Waals surface area contributed by atoms with Crippen molar-refractivity contribution in [3.8, 4) is 0 Å². The number of fused-ring (bicyclic) bond motifs is 1.